The molecule has 0 radical (unpaired) electrons. The van der Waals surface area contributed by atoms with Crippen LogP contribution in [0.4, 0.5) is 5.69 Å². The zero-order valence-electron chi connectivity index (χ0n) is 26.7. The van der Waals surface area contributed by atoms with E-state index in [-0.39, 0.29) is 30.3 Å². The van der Waals surface area contributed by atoms with Gasteiger partial charge in [-0.3, -0.25) is 14.2 Å². The fourth-order valence-corrected chi connectivity index (χ4v) is 6.25. The number of methoxy groups -OCH3 is 2. The van der Waals surface area contributed by atoms with Crippen molar-refractivity contribution in [3.8, 4) is 23.0 Å². The molecule has 1 amide bonds. The Hall–Kier alpha value is -5.36. The maximum atomic E-state index is 14.1. The van der Waals surface area contributed by atoms with E-state index < -0.39 is 12.0 Å². The van der Waals surface area contributed by atoms with E-state index in [2.05, 4.69) is 10.3 Å². The van der Waals surface area contributed by atoms with Crippen LogP contribution >= 0.6 is 11.3 Å². The molecular weight excluding hydrogens is 622 g/mol. The summed E-state index contributed by atoms with van der Waals surface area (Å²) in [6.45, 7) is 5.56. The lowest BCUT2D eigenvalue weighted by Crippen LogP contribution is -2.40. The molecule has 1 atom stereocenters. The molecule has 1 N–H and O–H groups in total. The number of hydrogen-bond acceptors (Lipinski definition) is 10. The number of benzene rings is 3. The summed E-state index contributed by atoms with van der Waals surface area (Å²) >= 11 is 1.19. The largest absolute Gasteiger partial charge is 0.493 e. The van der Waals surface area contributed by atoms with Crippen LogP contribution in [-0.2, 0) is 14.3 Å². The van der Waals surface area contributed by atoms with Gasteiger partial charge in [-0.15, -0.1) is 0 Å². The van der Waals surface area contributed by atoms with E-state index in [0.29, 0.717) is 61.5 Å². The van der Waals surface area contributed by atoms with E-state index in [1.807, 2.05) is 25.1 Å². The number of amides is 1. The number of thiazole rings is 1. The van der Waals surface area contributed by atoms with Crippen LogP contribution in [0.3, 0.4) is 0 Å². The minimum atomic E-state index is -0.878. The quantitative estimate of drug-likeness (QED) is 0.225. The highest BCUT2D eigenvalue weighted by molar-refractivity contribution is 7.07. The highest BCUT2D eigenvalue weighted by atomic mass is 32.1. The second-order valence-electron chi connectivity index (χ2n) is 10.2. The Kier molecular flexibility index (Phi) is 10.4. The molecule has 47 heavy (non-hydrogen) atoms. The van der Waals surface area contributed by atoms with Gasteiger partial charge in [-0.25, -0.2) is 9.79 Å². The molecule has 1 aliphatic rings. The molecule has 0 unspecified atom stereocenters. The molecule has 0 aliphatic carbocycles. The average molecular weight is 658 g/mol. The summed E-state index contributed by atoms with van der Waals surface area (Å²) in [4.78, 5) is 44.9. The summed E-state index contributed by atoms with van der Waals surface area (Å²) in [7, 11) is 3.03. The van der Waals surface area contributed by atoms with Gasteiger partial charge in [0.15, 0.2) is 34.4 Å². The number of anilines is 1. The lowest BCUT2D eigenvalue weighted by molar-refractivity contribution is -0.139. The number of carbonyl (C=O) groups is 2. The van der Waals surface area contributed by atoms with Crippen molar-refractivity contribution >= 4 is 35.0 Å². The van der Waals surface area contributed by atoms with Crippen molar-refractivity contribution in [2.24, 2.45) is 4.99 Å². The minimum Gasteiger partial charge on any atom is -0.493 e. The van der Waals surface area contributed by atoms with Crippen molar-refractivity contribution in [2.75, 3.05) is 39.4 Å². The first kappa shape index (κ1) is 33.0. The van der Waals surface area contributed by atoms with Gasteiger partial charge in [-0.2, -0.15) is 0 Å². The Labute approximate surface area is 275 Å². The van der Waals surface area contributed by atoms with Crippen molar-refractivity contribution in [1.82, 2.24) is 4.57 Å². The number of aromatic nitrogens is 1. The molecule has 11 nitrogen and oxygen atoms in total. The first-order chi connectivity index (χ1) is 22.8. The van der Waals surface area contributed by atoms with E-state index in [1.165, 1.54) is 30.1 Å². The van der Waals surface area contributed by atoms with Gasteiger partial charge in [0.1, 0.15) is 6.04 Å². The third-order valence-corrected chi connectivity index (χ3v) is 8.21. The SMILES string of the molecule is CCOC(=O)C1=C(C)N=c2s/c(=C/c3ccc(OCC(=O)Nc4ccccc4)c(OC)c3)c(=O)n2[C@H]1c1cccc(OC)c1OCC. The minimum absolute atomic E-state index is 0.155. The number of esters is 1. The van der Waals surface area contributed by atoms with Crippen LogP contribution in [0, 0.1) is 0 Å². The Balaban J connectivity index is 1.53. The summed E-state index contributed by atoms with van der Waals surface area (Å²) < 4.78 is 30.1. The predicted molar refractivity (Wildman–Crippen MR) is 178 cm³/mol. The van der Waals surface area contributed by atoms with Crippen LogP contribution < -0.4 is 39.2 Å². The highest BCUT2D eigenvalue weighted by Gasteiger charge is 2.36. The number of ether oxygens (including phenoxy) is 5. The zero-order valence-corrected chi connectivity index (χ0v) is 27.5. The summed E-state index contributed by atoms with van der Waals surface area (Å²) in [5, 5.41) is 2.77. The standard InChI is InChI=1S/C35H35N3O8S/c1-6-44-32-24(14-11-15-26(32)42-4)31-30(34(41)45-7-2)21(3)36-35-38(31)33(40)28(47-35)19-22-16-17-25(27(18-22)43-5)46-20-29(39)37-23-12-9-8-10-13-23/h8-19,31H,6-7,20H2,1-5H3,(H,37,39)/b28-19+/t31-/m0/s1. The maximum Gasteiger partial charge on any atom is 0.338 e. The molecule has 0 fully saturated rings. The van der Waals surface area contributed by atoms with Crippen molar-refractivity contribution in [3.05, 3.63) is 109 Å². The van der Waals surface area contributed by atoms with Gasteiger partial charge < -0.3 is 29.0 Å². The van der Waals surface area contributed by atoms with E-state index in [9.17, 15) is 14.4 Å². The van der Waals surface area contributed by atoms with Crippen LogP contribution in [0.15, 0.2) is 87.8 Å². The number of hydrogen-bond donors (Lipinski definition) is 1. The second-order valence-corrected chi connectivity index (χ2v) is 11.2. The van der Waals surface area contributed by atoms with Crippen LogP contribution in [0.25, 0.3) is 6.08 Å². The Morgan fingerprint density at radius 1 is 0.936 bits per heavy atom. The molecule has 244 valence electrons. The van der Waals surface area contributed by atoms with Crippen molar-refractivity contribution < 1.29 is 33.3 Å². The molecule has 0 saturated carbocycles. The molecular formula is C35H35N3O8S. The smallest absolute Gasteiger partial charge is 0.338 e. The summed E-state index contributed by atoms with van der Waals surface area (Å²) in [6.07, 6.45) is 1.72. The van der Waals surface area contributed by atoms with Crippen molar-refractivity contribution in [3.63, 3.8) is 0 Å². The third-order valence-electron chi connectivity index (χ3n) is 7.23. The first-order valence-corrected chi connectivity index (χ1v) is 15.8. The van der Waals surface area contributed by atoms with Gasteiger partial charge in [0.25, 0.3) is 11.5 Å². The molecule has 2 heterocycles. The normalized spacial score (nSPS) is 14.1. The third kappa shape index (κ3) is 7.07. The molecule has 1 aromatic heterocycles. The molecule has 12 heteroatoms. The monoisotopic (exact) mass is 657 g/mol. The van der Waals surface area contributed by atoms with Gasteiger partial charge in [-0.1, -0.05) is 47.7 Å². The molecule has 1 aliphatic heterocycles. The number of para-hydroxylation sites is 2. The average Bonchev–Trinajstić information content (AvgIpc) is 3.37. The topological polar surface area (TPSA) is 127 Å². The van der Waals surface area contributed by atoms with E-state index in [0.717, 1.165) is 0 Å². The van der Waals surface area contributed by atoms with Gasteiger partial charge in [0, 0.05) is 11.3 Å². The number of nitrogens with one attached hydrogen (secondary N) is 1. The molecule has 0 bridgehead atoms. The van der Waals surface area contributed by atoms with Crippen LogP contribution in [0.5, 0.6) is 23.0 Å². The van der Waals surface area contributed by atoms with E-state index in [4.69, 9.17) is 23.7 Å². The number of allylic oxidation sites excluding steroid dienone is 1. The summed E-state index contributed by atoms with van der Waals surface area (Å²) in [5.74, 6) is 0.748. The van der Waals surface area contributed by atoms with Crippen molar-refractivity contribution in [1.29, 1.82) is 0 Å². The van der Waals surface area contributed by atoms with Crippen LogP contribution in [-0.4, -0.2) is 50.5 Å². The van der Waals surface area contributed by atoms with Gasteiger partial charge >= 0.3 is 5.97 Å². The second kappa shape index (κ2) is 14.8. The number of rotatable bonds is 12. The summed E-state index contributed by atoms with van der Waals surface area (Å²) in [5.41, 5.74) is 2.20. The molecule has 0 spiro atoms. The van der Waals surface area contributed by atoms with Gasteiger partial charge in [-0.05, 0) is 62.7 Å². The van der Waals surface area contributed by atoms with E-state index in [1.54, 1.807) is 68.5 Å². The molecule has 5 rings (SSSR count). The Bertz CT molecular complexity index is 2000. The van der Waals surface area contributed by atoms with Crippen molar-refractivity contribution in [2.45, 2.75) is 26.8 Å². The van der Waals surface area contributed by atoms with Gasteiger partial charge in [0.05, 0.1) is 43.2 Å². The fourth-order valence-electron chi connectivity index (χ4n) is 5.20. The summed E-state index contributed by atoms with van der Waals surface area (Å²) in [6, 6.07) is 18.7. The van der Waals surface area contributed by atoms with E-state index >= 15 is 0 Å². The maximum absolute atomic E-state index is 14.1. The van der Waals surface area contributed by atoms with Crippen LogP contribution in [0.2, 0.25) is 0 Å². The first-order valence-electron chi connectivity index (χ1n) is 14.9. The lowest BCUT2D eigenvalue weighted by atomic mass is 9.94. The zero-order chi connectivity index (χ0) is 33.5. The molecule has 0 saturated heterocycles. The van der Waals surface area contributed by atoms with Gasteiger partial charge in [0.2, 0.25) is 0 Å². The lowest BCUT2D eigenvalue weighted by Gasteiger charge is -2.26. The molecule has 4 aromatic rings. The molecule has 3 aromatic carbocycles. The highest BCUT2D eigenvalue weighted by Crippen LogP contribution is 2.40. The Morgan fingerprint density at radius 2 is 1.70 bits per heavy atom. The Morgan fingerprint density at radius 3 is 2.40 bits per heavy atom. The fraction of sp³-hybridized carbons (Fsp3) is 0.257. The number of nitrogens with zero attached hydrogens (tertiary/aromatic N) is 2. The predicted octanol–water partition coefficient (Wildman–Crippen LogP) is 4.23. The number of carbonyl (C=O) groups excluding carboxylic acids is 2. The number of fused-ring (bicyclic) bond motifs is 1. The van der Waals surface area contributed by atoms with Crippen LogP contribution in [0.1, 0.15) is 37.9 Å².